The topological polar surface area (TPSA) is 35.5 Å². The summed E-state index contributed by atoms with van der Waals surface area (Å²) in [6, 6.07) is 6.09. The van der Waals surface area contributed by atoms with Gasteiger partial charge in [-0.15, -0.1) is 0 Å². The molecule has 3 nitrogen and oxygen atoms in total. The lowest BCUT2D eigenvalue weighted by Gasteiger charge is -2.36. The molecular weight excluding hydrogens is 272 g/mol. The number of anilines is 1. The minimum absolute atomic E-state index is 0.0848. The minimum Gasteiger partial charge on any atom is -0.393 e. The Morgan fingerprint density at radius 2 is 2.15 bits per heavy atom. The molecule has 2 N–H and O–H groups in total. The van der Waals surface area contributed by atoms with Crippen LogP contribution in [0, 0.1) is 5.92 Å². The Balaban J connectivity index is 2.03. The van der Waals surface area contributed by atoms with Crippen LogP contribution in [0.3, 0.4) is 0 Å². The Kier molecular flexibility index (Phi) is 5.70. The highest BCUT2D eigenvalue weighted by atomic mass is 35.5. The molecule has 0 bridgehead atoms. The predicted octanol–water partition coefficient (Wildman–Crippen LogP) is 3.05. The molecule has 112 valence electrons. The normalized spacial score (nSPS) is 21.6. The van der Waals surface area contributed by atoms with Crippen molar-refractivity contribution in [2.45, 2.75) is 38.8 Å². The van der Waals surface area contributed by atoms with E-state index in [1.165, 1.54) is 11.3 Å². The third-order valence-corrected chi connectivity index (χ3v) is 4.33. The van der Waals surface area contributed by atoms with E-state index in [9.17, 15) is 5.11 Å². The van der Waals surface area contributed by atoms with Crippen LogP contribution in [-0.4, -0.2) is 31.3 Å². The summed E-state index contributed by atoms with van der Waals surface area (Å²) >= 11 is 6.35. The zero-order valence-electron chi connectivity index (χ0n) is 12.4. The molecule has 0 atom stereocenters. The molecule has 1 saturated carbocycles. The molecule has 0 radical (unpaired) electrons. The number of benzene rings is 1. The summed E-state index contributed by atoms with van der Waals surface area (Å²) in [5.41, 5.74) is 2.37. The van der Waals surface area contributed by atoms with Crippen molar-refractivity contribution in [1.29, 1.82) is 0 Å². The van der Waals surface area contributed by atoms with Gasteiger partial charge in [0.15, 0.2) is 0 Å². The van der Waals surface area contributed by atoms with Crippen LogP contribution in [0.2, 0.25) is 5.02 Å². The van der Waals surface area contributed by atoms with Gasteiger partial charge in [-0.3, -0.25) is 0 Å². The van der Waals surface area contributed by atoms with Crippen molar-refractivity contribution in [3.8, 4) is 0 Å². The summed E-state index contributed by atoms with van der Waals surface area (Å²) in [6.07, 6.45) is 2.89. The van der Waals surface area contributed by atoms with Gasteiger partial charge in [-0.2, -0.15) is 0 Å². The Bertz CT molecular complexity index is 432. The Morgan fingerprint density at radius 1 is 1.40 bits per heavy atom. The van der Waals surface area contributed by atoms with Crippen molar-refractivity contribution in [3.05, 3.63) is 28.8 Å². The van der Waals surface area contributed by atoms with Gasteiger partial charge in [-0.1, -0.05) is 24.6 Å². The molecule has 0 aromatic heterocycles. The van der Waals surface area contributed by atoms with Crippen LogP contribution in [0.15, 0.2) is 18.2 Å². The van der Waals surface area contributed by atoms with Gasteiger partial charge in [-0.25, -0.2) is 0 Å². The summed E-state index contributed by atoms with van der Waals surface area (Å²) in [6.45, 7) is 4.95. The van der Waals surface area contributed by atoms with E-state index in [2.05, 4.69) is 30.3 Å². The molecule has 20 heavy (non-hydrogen) atoms. The third kappa shape index (κ3) is 3.87. The lowest BCUT2D eigenvalue weighted by molar-refractivity contribution is 0.0464. The molecule has 0 saturated heterocycles. The van der Waals surface area contributed by atoms with E-state index in [4.69, 9.17) is 11.6 Å². The summed E-state index contributed by atoms with van der Waals surface area (Å²) in [4.78, 5) is 2.27. The van der Waals surface area contributed by atoms with Gasteiger partial charge in [0.25, 0.3) is 0 Å². The summed E-state index contributed by atoms with van der Waals surface area (Å²) in [5.74, 6) is 0.602. The van der Waals surface area contributed by atoms with Gasteiger partial charge in [0.05, 0.1) is 6.10 Å². The number of aliphatic hydroxyl groups is 1. The van der Waals surface area contributed by atoms with E-state index in [0.29, 0.717) is 5.92 Å². The third-order valence-electron chi connectivity index (χ3n) is 3.98. The van der Waals surface area contributed by atoms with Crippen molar-refractivity contribution < 1.29 is 5.11 Å². The molecule has 0 heterocycles. The summed E-state index contributed by atoms with van der Waals surface area (Å²) < 4.78 is 0. The van der Waals surface area contributed by atoms with E-state index in [0.717, 1.165) is 43.9 Å². The van der Waals surface area contributed by atoms with E-state index < -0.39 is 0 Å². The lowest BCUT2D eigenvalue weighted by Crippen LogP contribution is -2.37. The van der Waals surface area contributed by atoms with Gasteiger partial charge < -0.3 is 15.3 Å². The lowest BCUT2D eigenvalue weighted by atomic mass is 9.82. The van der Waals surface area contributed by atoms with Crippen LogP contribution < -0.4 is 10.2 Å². The SMILES string of the molecule is CCCNCc1c(Cl)cccc1N(C)CC1CC(O)C1. The van der Waals surface area contributed by atoms with Gasteiger partial charge in [0.2, 0.25) is 0 Å². The smallest absolute Gasteiger partial charge is 0.0546 e. The van der Waals surface area contributed by atoms with E-state index in [-0.39, 0.29) is 6.10 Å². The number of aliphatic hydroxyl groups excluding tert-OH is 1. The zero-order chi connectivity index (χ0) is 14.5. The monoisotopic (exact) mass is 296 g/mol. The molecule has 1 fully saturated rings. The fraction of sp³-hybridized carbons (Fsp3) is 0.625. The second kappa shape index (κ2) is 7.30. The van der Waals surface area contributed by atoms with Crippen molar-refractivity contribution in [2.75, 3.05) is 25.0 Å². The highest BCUT2D eigenvalue weighted by Crippen LogP contribution is 2.32. The molecule has 0 aliphatic heterocycles. The fourth-order valence-electron chi connectivity index (χ4n) is 2.81. The van der Waals surface area contributed by atoms with Crippen molar-refractivity contribution in [1.82, 2.24) is 5.32 Å². The van der Waals surface area contributed by atoms with Crippen LogP contribution in [0.5, 0.6) is 0 Å². The van der Waals surface area contributed by atoms with Gasteiger partial charge in [-0.05, 0) is 43.9 Å². The van der Waals surface area contributed by atoms with Gasteiger partial charge >= 0.3 is 0 Å². The van der Waals surface area contributed by atoms with Crippen molar-refractivity contribution in [2.24, 2.45) is 5.92 Å². The molecule has 1 aromatic rings. The molecule has 0 spiro atoms. The second-order valence-corrected chi connectivity index (χ2v) is 6.19. The van der Waals surface area contributed by atoms with Gasteiger partial charge in [0.1, 0.15) is 0 Å². The molecule has 0 unspecified atom stereocenters. The number of rotatable bonds is 7. The standard InChI is InChI=1S/C16H25ClN2O/c1-3-7-18-10-14-15(17)5-4-6-16(14)19(2)11-12-8-13(20)9-12/h4-6,12-13,18,20H,3,7-11H2,1-2H3. The van der Waals surface area contributed by atoms with Crippen molar-refractivity contribution in [3.63, 3.8) is 0 Å². The molecule has 1 aliphatic carbocycles. The zero-order valence-corrected chi connectivity index (χ0v) is 13.2. The number of nitrogens with one attached hydrogen (secondary N) is 1. The number of hydrogen-bond donors (Lipinski definition) is 2. The molecule has 1 aliphatic rings. The Morgan fingerprint density at radius 3 is 2.80 bits per heavy atom. The Hall–Kier alpha value is -0.770. The average molecular weight is 297 g/mol. The molecule has 0 amide bonds. The number of halogens is 1. The van der Waals surface area contributed by atoms with E-state index in [1.807, 2.05) is 12.1 Å². The number of nitrogens with zero attached hydrogens (tertiary/aromatic N) is 1. The average Bonchev–Trinajstić information content (AvgIpc) is 2.39. The van der Waals surface area contributed by atoms with Crippen LogP contribution in [0.4, 0.5) is 5.69 Å². The minimum atomic E-state index is -0.0848. The maximum absolute atomic E-state index is 9.39. The maximum Gasteiger partial charge on any atom is 0.0546 e. The quantitative estimate of drug-likeness (QED) is 0.759. The highest BCUT2D eigenvalue weighted by molar-refractivity contribution is 6.31. The van der Waals surface area contributed by atoms with Crippen LogP contribution in [0.25, 0.3) is 0 Å². The second-order valence-electron chi connectivity index (χ2n) is 5.79. The van der Waals surface area contributed by atoms with E-state index in [1.54, 1.807) is 0 Å². The largest absolute Gasteiger partial charge is 0.393 e. The first kappa shape index (κ1) is 15.6. The molecule has 1 aromatic carbocycles. The highest BCUT2D eigenvalue weighted by Gasteiger charge is 2.28. The number of hydrogen-bond acceptors (Lipinski definition) is 3. The molecular formula is C16H25ClN2O. The molecule has 4 heteroatoms. The van der Waals surface area contributed by atoms with Gasteiger partial charge in [0, 0.05) is 36.4 Å². The molecule has 2 rings (SSSR count). The Labute approximate surface area is 126 Å². The van der Waals surface area contributed by atoms with Crippen LogP contribution in [-0.2, 0) is 6.54 Å². The summed E-state index contributed by atoms with van der Waals surface area (Å²) in [5, 5.41) is 13.6. The van der Waals surface area contributed by atoms with Crippen LogP contribution in [0.1, 0.15) is 31.7 Å². The maximum atomic E-state index is 9.39. The first-order valence-corrected chi connectivity index (χ1v) is 7.87. The van der Waals surface area contributed by atoms with Crippen LogP contribution >= 0.6 is 11.6 Å². The predicted molar refractivity (Wildman–Crippen MR) is 85.5 cm³/mol. The fourth-order valence-corrected chi connectivity index (χ4v) is 3.04. The van der Waals surface area contributed by atoms with E-state index >= 15 is 0 Å². The first-order chi connectivity index (χ1) is 9.61. The summed E-state index contributed by atoms with van der Waals surface area (Å²) in [7, 11) is 2.11. The first-order valence-electron chi connectivity index (χ1n) is 7.49. The van der Waals surface area contributed by atoms with Crippen molar-refractivity contribution >= 4 is 17.3 Å².